The summed E-state index contributed by atoms with van der Waals surface area (Å²) < 4.78 is 0. The van der Waals surface area contributed by atoms with E-state index in [0.29, 0.717) is 12.5 Å². The van der Waals surface area contributed by atoms with E-state index in [1.165, 1.54) is 0 Å². The standard InChI is InChI=1S/C7H12N2O.ClH/c8-5-4-7(10)9-3-1-2-6(5)9;/h5-6H,1-4,8H2;1H. The molecule has 0 bridgehead atoms. The van der Waals surface area contributed by atoms with Crippen molar-refractivity contribution in [2.75, 3.05) is 6.54 Å². The number of carbonyl (C=O) groups is 1. The largest absolute Gasteiger partial charge is 0.338 e. The molecular weight excluding hydrogens is 164 g/mol. The molecular formula is C7H13ClN2O. The molecule has 2 aliphatic rings. The number of fused-ring (bicyclic) bond motifs is 1. The molecule has 2 fully saturated rings. The Hall–Kier alpha value is -0.280. The van der Waals surface area contributed by atoms with Gasteiger partial charge < -0.3 is 10.6 Å². The highest BCUT2D eigenvalue weighted by Gasteiger charge is 2.40. The maximum absolute atomic E-state index is 11.1. The summed E-state index contributed by atoms with van der Waals surface area (Å²) in [5.74, 6) is 0.259. The summed E-state index contributed by atoms with van der Waals surface area (Å²) in [6.07, 6.45) is 2.84. The molecule has 0 saturated carbocycles. The van der Waals surface area contributed by atoms with Crippen LogP contribution in [0.1, 0.15) is 19.3 Å². The Labute approximate surface area is 72.3 Å². The van der Waals surface area contributed by atoms with Crippen LogP contribution in [-0.4, -0.2) is 29.4 Å². The Morgan fingerprint density at radius 3 is 2.91 bits per heavy atom. The number of hydrogen-bond acceptors (Lipinski definition) is 2. The van der Waals surface area contributed by atoms with E-state index in [9.17, 15) is 4.79 Å². The highest BCUT2D eigenvalue weighted by atomic mass is 35.5. The number of halogens is 1. The van der Waals surface area contributed by atoms with Crippen molar-refractivity contribution >= 4 is 18.3 Å². The van der Waals surface area contributed by atoms with Gasteiger partial charge in [0, 0.05) is 25.0 Å². The minimum Gasteiger partial charge on any atom is -0.338 e. The molecule has 2 heterocycles. The molecule has 64 valence electrons. The third-order valence-electron chi connectivity index (χ3n) is 2.52. The first-order chi connectivity index (χ1) is 4.79. The van der Waals surface area contributed by atoms with E-state index in [0.717, 1.165) is 19.4 Å². The van der Waals surface area contributed by atoms with Crippen LogP contribution in [0.25, 0.3) is 0 Å². The summed E-state index contributed by atoms with van der Waals surface area (Å²) in [4.78, 5) is 13.0. The fraction of sp³-hybridized carbons (Fsp3) is 0.857. The zero-order valence-corrected chi connectivity index (χ0v) is 7.14. The SMILES string of the molecule is Cl.NC1CC(=O)N2CCCC12. The second-order valence-electron chi connectivity index (χ2n) is 3.16. The van der Waals surface area contributed by atoms with Crippen LogP contribution in [0.4, 0.5) is 0 Å². The molecule has 2 rings (SSSR count). The molecule has 4 heteroatoms. The minimum absolute atomic E-state index is 0. The van der Waals surface area contributed by atoms with Gasteiger partial charge in [-0.3, -0.25) is 4.79 Å². The van der Waals surface area contributed by atoms with Gasteiger partial charge in [-0.2, -0.15) is 0 Å². The van der Waals surface area contributed by atoms with Crippen molar-refractivity contribution in [3.63, 3.8) is 0 Å². The molecule has 0 radical (unpaired) electrons. The van der Waals surface area contributed by atoms with Crippen molar-refractivity contribution < 1.29 is 4.79 Å². The summed E-state index contributed by atoms with van der Waals surface area (Å²) in [6.45, 7) is 0.942. The van der Waals surface area contributed by atoms with Gasteiger partial charge in [-0.05, 0) is 12.8 Å². The lowest BCUT2D eigenvalue weighted by Gasteiger charge is -2.16. The van der Waals surface area contributed by atoms with Crippen LogP contribution in [-0.2, 0) is 4.79 Å². The van der Waals surface area contributed by atoms with Crippen molar-refractivity contribution in [2.24, 2.45) is 5.73 Å². The monoisotopic (exact) mass is 176 g/mol. The molecule has 3 nitrogen and oxygen atoms in total. The summed E-state index contributed by atoms with van der Waals surface area (Å²) in [7, 11) is 0. The van der Waals surface area contributed by atoms with Gasteiger partial charge in [-0.1, -0.05) is 0 Å². The second kappa shape index (κ2) is 2.99. The maximum atomic E-state index is 11.1. The Morgan fingerprint density at radius 1 is 1.55 bits per heavy atom. The zero-order valence-electron chi connectivity index (χ0n) is 6.32. The lowest BCUT2D eigenvalue weighted by atomic mass is 10.1. The molecule has 1 amide bonds. The van der Waals surface area contributed by atoms with Crippen molar-refractivity contribution in [1.82, 2.24) is 4.90 Å². The third kappa shape index (κ3) is 1.23. The van der Waals surface area contributed by atoms with Gasteiger partial charge in [0.05, 0.1) is 0 Å². The number of nitrogens with two attached hydrogens (primary N) is 1. The summed E-state index contributed by atoms with van der Waals surface area (Å²) >= 11 is 0. The van der Waals surface area contributed by atoms with Crippen molar-refractivity contribution in [3.8, 4) is 0 Å². The van der Waals surface area contributed by atoms with E-state index in [-0.39, 0.29) is 24.4 Å². The fourth-order valence-electron chi connectivity index (χ4n) is 2.00. The quantitative estimate of drug-likeness (QED) is 0.571. The summed E-state index contributed by atoms with van der Waals surface area (Å²) in [5.41, 5.74) is 5.75. The van der Waals surface area contributed by atoms with Crippen LogP contribution in [0.15, 0.2) is 0 Å². The number of carbonyl (C=O) groups excluding carboxylic acids is 1. The number of rotatable bonds is 0. The van der Waals surface area contributed by atoms with Crippen LogP contribution < -0.4 is 5.73 Å². The molecule has 2 N–H and O–H groups in total. The predicted molar refractivity (Wildman–Crippen MR) is 44.6 cm³/mol. The van der Waals surface area contributed by atoms with Gasteiger partial charge in [-0.15, -0.1) is 12.4 Å². The van der Waals surface area contributed by atoms with Gasteiger partial charge in [0.2, 0.25) is 5.91 Å². The first-order valence-corrected chi connectivity index (χ1v) is 3.84. The molecule has 2 aliphatic heterocycles. The summed E-state index contributed by atoms with van der Waals surface area (Å²) in [5, 5.41) is 0. The van der Waals surface area contributed by atoms with Gasteiger partial charge in [-0.25, -0.2) is 0 Å². The van der Waals surface area contributed by atoms with Gasteiger partial charge >= 0.3 is 0 Å². The zero-order chi connectivity index (χ0) is 7.14. The third-order valence-corrected chi connectivity index (χ3v) is 2.52. The van der Waals surface area contributed by atoms with Crippen molar-refractivity contribution in [3.05, 3.63) is 0 Å². The Bertz CT molecular complexity index is 174. The Morgan fingerprint density at radius 2 is 2.27 bits per heavy atom. The molecule has 2 saturated heterocycles. The predicted octanol–water partition coefficient (Wildman–Crippen LogP) is 0.130. The van der Waals surface area contributed by atoms with E-state index >= 15 is 0 Å². The molecule has 0 aliphatic carbocycles. The Kier molecular flexibility index (Phi) is 2.40. The van der Waals surface area contributed by atoms with E-state index < -0.39 is 0 Å². The van der Waals surface area contributed by atoms with Crippen LogP contribution in [0.5, 0.6) is 0 Å². The highest BCUT2D eigenvalue weighted by molar-refractivity contribution is 5.85. The molecule has 2 unspecified atom stereocenters. The lowest BCUT2D eigenvalue weighted by molar-refractivity contribution is -0.127. The van der Waals surface area contributed by atoms with Gasteiger partial charge in [0.15, 0.2) is 0 Å². The first-order valence-electron chi connectivity index (χ1n) is 3.84. The minimum atomic E-state index is 0. The van der Waals surface area contributed by atoms with Crippen LogP contribution in [0.2, 0.25) is 0 Å². The topological polar surface area (TPSA) is 46.3 Å². The second-order valence-corrected chi connectivity index (χ2v) is 3.16. The lowest BCUT2D eigenvalue weighted by Crippen LogP contribution is -2.35. The first kappa shape index (κ1) is 8.81. The smallest absolute Gasteiger partial charge is 0.224 e. The van der Waals surface area contributed by atoms with Crippen LogP contribution >= 0.6 is 12.4 Å². The average molecular weight is 177 g/mol. The number of amides is 1. The normalized spacial score (nSPS) is 35.4. The molecule has 2 atom stereocenters. The van der Waals surface area contributed by atoms with E-state index in [1.807, 2.05) is 4.90 Å². The van der Waals surface area contributed by atoms with Crippen molar-refractivity contribution in [1.29, 1.82) is 0 Å². The van der Waals surface area contributed by atoms with Crippen molar-refractivity contribution in [2.45, 2.75) is 31.3 Å². The van der Waals surface area contributed by atoms with Crippen LogP contribution in [0, 0.1) is 0 Å². The fourth-order valence-corrected chi connectivity index (χ4v) is 2.00. The Balaban J connectivity index is 0.000000605. The number of hydrogen-bond donors (Lipinski definition) is 1. The van der Waals surface area contributed by atoms with Gasteiger partial charge in [0.25, 0.3) is 0 Å². The van der Waals surface area contributed by atoms with Crippen LogP contribution in [0.3, 0.4) is 0 Å². The molecule has 0 aromatic carbocycles. The highest BCUT2D eigenvalue weighted by Crippen LogP contribution is 2.27. The molecule has 0 spiro atoms. The molecule has 0 aromatic rings. The maximum Gasteiger partial charge on any atom is 0.224 e. The van der Waals surface area contributed by atoms with E-state index in [4.69, 9.17) is 5.73 Å². The average Bonchev–Trinajstić information content (AvgIpc) is 2.39. The summed E-state index contributed by atoms with van der Waals surface area (Å²) in [6, 6.07) is 0.502. The van der Waals surface area contributed by atoms with E-state index in [1.54, 1.807) is 0 Å². The van der Waals surface area contributed by atoms with Gasteiger partial charge in [0.1, 0.15) is 0 Å². The number of nitrogens with zero attached hydrogens (tertiary/aromatic N) is 1. The van der Waals surface area contributed by atoms with E-state index in [2.05, 4.69) is 0 Å². The molecule has 11 heavy (non-hydrogen) atoms. The molecule has 0 aromatic heterocycles.